The van der Waals surface area contributed by atoms with Crippen molar-refractivity contribution in [2.45, 2.75) is 27.3 Å². The Labute approximate surface area is 153 Å². The van der Waals surface area contributed by atoms with Gasteiger partial charge in [-0.3, -0.25) is 0 Å². The maximum absolute atomic E-state index is 6.37. The first-order valence-electron chi connectivity index (χ1n) is 8.18. The van der Waals surface area contributed by atoms with Gasteiger partial charge < -0.3 is 10.6 Å². The van der Waals surface area contributed by atoms with E-state index >= 15 is 0 Å². The SMILES string of the molecule is Cc1cc(C)c(Nc2nc(C)cc(NCc3ccccc3)n2)c(Cl)c1. The van der Waals surface area contributed by atoms with E-state index in [0.717, 1.165) is 28.3 Å². The summed E-state index contributed by atoms with van der Waals surface area (Å²) >= 11 is 6.37. The molecule has 0 spiro atoms. The van der Waals surface area contributed by atoms with Crippen LogP contribution in [0.15, 0.2) is 48.5 Å². The molecule has 0 saturated carbocycles. The number of nitrogens with zero attached hydrogens (tertiary/aromatic N) is 2. The molecule has 0 atom stereocenters. The van der Waals surface area contributed by atoms with Crippen molar-refractivity contribution < 1.29 is 0 Å². The van der Waals surface area contributed by atoms with E-state index in [1.54, 1.807) is 0 Å². The molecular formula is C20H21ClN4. The van der Waals surface area contributed by atoms with Crippen LogP contribution >= 0.6 is 11.6 Å². The lowest BCUT2D eigenvalue weighted by molar-refractivity contribution is 1.06. The van der Waals surface area contributed by atoms with Gasteiger partial charge in [0.1, 0.15) is 5.82 Å². The Bertz CT molecular complexity index is 855. The van der Waals surface area contributed by atoms with E-state index in [9.17, 15) is 0 Å². The van der Waals surface area contributed by atoms with Crippen LogP contribution in [0.4, 0.5) is 17.5 Å². The lowest BCUT2D eigenvalue weighted by Gasteiger charge is -2.13. The van der Waals surface area contributed by atoms with Gasteiger partial charge in [0, 0.05) is 18.3 Å². The molecule has 128 valence electrons. The number of halogens is 1. The maximum Gasteiger partial charge on any atom is 0.229 e. The summed E-state index contributed by atoms with van der Waals surface area (Å²) < 4.78 is 0. The number of anilines is 3. The molecule has 3 rings (SSSR count). The number of aryl methyl sites for hydroxylation is 3. The van der Waals surface area contributed by atoms with E-state index in [4.69, 9.17) is 11.6 Å². The normalized spacial score (nSPS) is 10.6. The summed E-state index contributed by atoms with van der Waals surface area (Å²) in [6.45, 7) is 6.70. The Morgan fingerprint density at radius 2 is 1.72 bits per heavy atom. The van der Waals surface area contributed by atoms with Gasteiger partial charge in [-0.25, -0.2) is 4.98 Å². The second kappa shape index (κ2) is 7.53. The Morgan fingerprint density at radius 1 is 0.960 bits per heavy atom. The van der Waals surface area contributed by atoms with Crippen LogP contribution in [-0.2, 0) is 6.54 Å². The fraction of sp³-hybridized carbons (Fsp3) is 0.200. The number of hydrogen-bond acceptors (Lipinski definition) is 4. The third-order valence-electron chi connectivity index (χ3n) is 3.84. The van der Waals surface area contributed by atoms with E-state index < -0.39 is 0 Å². The topological polar surface area (TPSA) is 49.8 Å². The van der Waals surface area contributed by atoms with Gasteiger partial charge in [-0.2, -0.15) is 4.98 Å². The monoisotopic (exact) mass is 352 g/mol. The molecule has 0 amide bonds. The lowest BCUT2D eigenvalue weighted by Crippen LogP contribution is -2.06. The Morgan fingerprint density at radius 3 is 2.44 bits per heavy atom. The predicted octanol–water partition coefficient (Wildman–Crippen LogP) is 5.41. The number of benzene rings is 2. The summed E-state index contributed by atoms with van der Waals surface area (Å²) in [5.74, 6) is 1.31. The fourth-order valence-corrected chi connectivity index (χ4v) is 3.06. The van der Waals surface area contributed by atoms with Gasteiger partial charge in [-0.1, -0.05) is 48.0 Å². The molecule has 0 aliphatic carbocycles. The number of aromatic nitrogens is 2. The molecule has 25 heavy (non-hydrogen) atoms. The maximum atomic E-state index is 6.37. The van der Waals surface area contributed by atoms with Gasteiger partial charge in [0.15, 0.2) is 0 Å². The zero-order valence-electron chi connectivity index (χ0n) is 14.6. The van der Waals surface area contributed by atoms with Crippen LogP contribution in [0.3, 0.4) is 0 Å². The standard InChI is InChI=1S/C20H21ClN4/c1-13-9-14(2)19(17(21)10-13)25-20-23-15(3)11-18(24-20)22-12-16-7-5-4-6-8-16/h4-11H,12H2,1-3H3,(H2,22,23,24,25). The largest absolute Gasteiger partial charge is 0.366 e. The van der Waals surface area contributed by atoms with Gasteiger partial charge in [-0.05, 0) is 43.5 Å². The van der Waals surface area contributed by atoms with E-state index in [-0.39, 0.29) is 0 Å². The second-order valence-corrected chi connectivity index (χ2v) is 6.53. The molecule has 5 heteroatoms. The number of hydrogen-bond donors (Lipinski definition) is 2. The molecule has 0 fully saturated rings. The molecule has 0 bridgehead atoms. The van der Waals surface area contributed by atoms with Gasteiger partial charge >= 0.3 is 0 Å². The van der Waals surface area contributed by atoms with Gasteiger partial charge in [0.25, 0.3) is 0 Å². The summed E-state index contributed by atoms with van der Waals surface area (Å²) in [7, 11) is 0. The first-order valence-corrected chi connectivity index (χ1v) is 8.56. The quantitative estimate of drug-likeness (QED) is 0.644. The average molecular weight is 353 g/mol. The first kappa shape index (κ1) is 17.2. The second-order valence-electron chi connectivity index (χ2n) is 6.12. The molecule has 0 unspecified atom stereocenters. The van der Waals surface area contributed by atoms with Crippen molar-refractivity contribution in [3.63, 3.8) is 0 Å². The van der Waals surface area contributed by atoms with Crippen molar-refractivity contribution in [1.29, 1.82) is 0 Å². The summed E-state index contributed by atoms with van der Waals surface area (Å²) in [6, 6.07) is 16.2. The smallest absolute Gasteiger partial charge is 0.229 e. The van der Waals surface area contributed by atoms with Crippen LogP contribution < -0.4 is 10.6 Å². The van der Waals surface area contributed by atoms with Gasteiger partial charge in [0.2, 0.25) is 5.95 Å². The lowest BCUT2D eigenvalue weighted by atomic mass is 10.1. The summed E-state index contributed by atoms with van der Waals surface area (Å²) in [6.07, 6.45) is 0. The highest BCUT2D eigenvalue weighted by Crippen LogP contribution is 2.29. The third-order valence-corrected chi connectivity index (χ3v) is 4.14. The van der Waals surface area contributed by atoms with Crippen molar-refractivity contribution in [2.24, 2.45) is 0 Å². The molecule has 4 nitrogen and oxygen atoms in total. The zero-order valence-corrected chi connectivity index (χ0v) is 15.4. The van der Waals surface area contributed by atoms with E-state index in [2.05, 4.69) is 38.8 Å². The summed E-state index contributed by atoms with van der Waals surface area (Å²) in [5, 5.41) is 7.26. The van der Waals surface area contributed by atoms with Crippen LogP contribution in [0.1, 0.15) is 22.4 Å². The van der Waals surface area contributed by atoms with Crippen LogP contribution in [0.2, 0.25) is 5.02 Å². The van der Waals surface area contributed by atoms with Crippen molar-refractivity contribution in [3.05, 3.63) is 75.9 Å². The molecular weight excluding hydrogens is 332 g/mol. The highest BCUT2D eigenvalue weighted by Gasteiger charge is 2.09. The summed E-state index contributed by atoms with van der Waals surface area (Å²) in [4.78, 5) is 9.02. The minimum atomic E-state index is 0.532. The minimum absolute atomic E-state index is 0.532. The summed E-state index contributed by atoms with van der Waals surface area (Å²) in [5.41, 5.74) is 5.11. The predicted molar refractivity (Wildman–Crippen MR) is 105 cm³/mol. The van der Waals surface area contributed by atoms with Crippen molar-refractivity contribution in [3.8, 4) is 0 Å². The molecule has 2 aromatic carbocycles. The number of nitrogens with one attached hydrogen (secondary N) is 2. The van der Waals surface area contributed by atoms with Crippen molar-refractivity contribution >= 4 is 29.1 Å². The van der Waals surface area contributed by atoms with E-state index in [0.29, 0.717) is 17.5 Å². The molecule has 1 aromatic heterocycles. The Kier molecular flexibility index (Phi) is 5.19. The Hall–Kier alpha value is -2.59. The molecule has 2 N–H and O–H groups in total. The van der Waals surface area contributed by atoms with Crippen LogP contribution in [0.5, 0.6) is 0 Å². The molecule has 0 aliphatic rings. The average Bonchev–Trinajstić information content (AvgIpc) is 2.57. The highest BCUT2D eigenvalue weighted by atomic mass is 35.5. The first-order chi connectivity index (χ1) is 12.0. The molecule has 0 radical (unpaired) electrons. The molecule has 3 aromatic rings. The van der Waals surface area contributed by atoms with Crippen LogP contribution in [-0.4, -0.2) is 9.97 Å². The van der Waals surface area contributed by atoms with Gasteiger partial charge in [-0.15, -0.1) is 0 Å². The van der Waals surface area contributed by atoms with Crippen LogP contribution in [0, 0.1) is 20.8 Å². The highest BCUT2D eigenvalue weighted by molar-refractivity contribution is 6.33. The van der Waals surface area contributed by atoms with Gasteiger partial charge in [0.05, 0.1) is 10.7 Å². The molecule has 1 heterocycles. The number of rotatable bonds is 5. The molecule has 0 saturated heterocycles. The van der Waals surface area contributed by atoms with Crippen LogP contribution in [0.25, 0.3) is 0 Å². The fourth-order valence-electron chi connectivity index (χ4n) is 2.69. The Balaban J connectivity index is 1.80. The van der Waals surface area contributed by atoms with Crippen molar-refractivity contribution in [1.82, 2.24) is 9.97 Å². The molecule has 0 aliphatic heterocycles. The minimum Gasteiger partial charge on any atom is -0.366 e. The van der Waals surface area contributed by atoms with E-state index in [1.807, 2.05) is 51.1 Å². The third kappa shape index (κ3) is 4.48. The van der Waals surface area contributed by atoms with Crippen molar-refractivity contribution in [2.75, 3.05) is 10.6 Å². The van der Waals surface area contributed by atoms with E-state index in [1.165, 1.54) is 5.56 Å². The zero-order chi connectivity index (χ0) is 17.8.